The van der Waals surface area contributed by atoms with Crippen molar-refractivity contribution < 1.29 is 4.79 Å². The highest BCUT2D eigenvalue weighted by Crippen LogP contribution is 2.16. The first kappa shape index (κ1) is 16.3. The highest BCUT2D eigenvalue weighted by atomic mass is 16.1. The first-order valence-electron chi connectivity index (χ1n) is 6.93. The van der Waals surface area contributed by atoms with Gasteiger partial charge in [-0.15, -0.1) is 0 Å². The quantitative estimate of drug-likeness (QED) is 0.712. The van der Waals surface area contributed by atoms with Crippen LogP contribution in [0.3, 0.4) is 0 Å². The van der Waals surface area contributed by atoms with E-state index in [0.29, 0.717) is 0 Å². The van der Waals surface area contributed by atoms with Gasteiger partial charge >= 0.3 is 0 Å². The molecule has 0 unspecified atom stereocenters. The van der Waals surface area contributed by atoms with E-state index in [1.165, 1.54) is 0 Å². The lowest BCUT2D eigenvalue weighted by Crippen LogP contribution is -2.22. The van der Waals surface area contributed by atoms with Crippen LogP contribution in [-0.4, -0.2) is 15.4 Å². The second-order valence-corrected chi connectivity index (χ2v) is 6.85. The van der Waals surface area contributed by atoms with Gasteiger partial charge < -0.3 is 9.13 Å². The molecule has 0 aliphatic carbocycles. The number of hydrogen-bond acceptors (Lipinski definition) is 1. The Bertz CT molecular complexity index is 522. The van der Waals surface area contributed by atoms with E-state index in [2.05, 4.69) is 58.5 Å². The van der Waals surface area contributed by atoms with Gasteiger partial charge in [0.05, 0.1) is 5.69 Å². The van der Waals surface area contributed by atoms with Crippen molar-refractivity contribution in [1.82, 2.24) is 9.13 Å². The number of aromatic nitrogens is 2. The molecule has 0 aliphatic heterocycles. The van der Waals surface area contributed by atoms with Crippen molar-refractivity contribution in [1.29, 1.82) is 0 Å². The van der Waals surface area contributed by atoms with Crippen LogP contribution in [0.2, 0.25) is 0 Å². The van der Waals surface area contributed by atoms with Crippen molar-refractivity contribution in [3.8, 4) is 0 Å². The summed E-state index contributed by atoms with van der Waals surface area (Å²) >= 11 is 0. The van der Waals surface area contributed by atoms with Gasteiger partial charge in [-0.05, 0) is 65.8 Å². The van der Waals surface area contributed by atoms with Crippen molar-refractivity contribution in [3.05, 3.63) is 48.5 Å². The third kappa shape index (κ3) is 4.41. The summed E-state index contributed by atoms with van der Waals surface area (Å²) in [7, 11) is 0. The van der Waals surface area contributed by atoms with E-state index in [1.54, 1.807) is 0 Å². The molecular weight excluding hydrogens is 248 g/mol. The van der Waals surface area contributed by atoms with Crippen molar-refractivity contribution in [2.45, 2.75) is 52.6 Å². The van der Waals surface area contributed by atoms with Gasteiger partial charge in [0, 0.05) is 29.7 Å². The Morgan fingerprint density at radius 3 is 1.70 bits per heavy atom. The molecule has 0 N–H and O–H groups in total. The highest BCUT2D eigenvalue weighted by molar-refractivity contribution is 5.72. The summed E-state index contributed by atoms with van der Waals surface area (Å²) in [6, 6.07) is 7.80. The smallest absolute Gasteiger partial charge is 0.166 e. The molecule has 2 rings (SSSR count). The van der Waals surface area contributed by atoms with Crippen molar-refractivity contribution in [2.24, 2.45) is 0 Å². The summed E-state index contributed by atoms with van der Waals surface area (Å²) in [5.41, 5.74) is 0.973. The van der Waals surface area contributed by atoms with Gasteiger partial charge in [0.1, 0.15) is 0 Å². The third-order valence-corrected chi connectivity index (χ3v) is 3.00. The molecule has 0 bridgehead atoms. The van der Waals surface area contributed by atoms with Crippen LogP contribution in [0.25, 0.3) is 0 Å². The summed E-state index contributed by atoms with van der Waals surface area (Å²) < 4.78 is 4.15. The summed E-state index contributed by atoms with van der Waals surface area (Å²) in [5.74, 6) is 0. The van der Waals surface area contributed by atoms with Crippen LogP contribution in [0.4, 0.5) is 0 Å². The van der Waals surface area contributed by atoms with E-state index in [9.17, 15) is 4.79 Å². The van der Waals surface area contributed by atoms with Crippen LogP contribution in [-0.2, 0) is 11.1 Å². The molecule has 110 valence electrons. The lowest BCUT2D eigenvalue weighted by atomic mass is 10.1. The number of nitrogens with zero attached hydrogens (tertiary/aromatic N) is 2. The Balaban J connectivity index is 0.000000204. The number of rotatable bonds is 1. The predicted molar refractivity (Wildman–Crippen MR) is 84.2 cm³/mol. The molecule has 0 aliphatic rings. The average Bonchev–Trinajstić information content (AvgIpc) is 2.99. The molecular formula is C17H26N2O. The average molecular weight is 274 g/mol. The fraction of sp³-hybridized carbons (Fsp3) is 0.471. The topological polar surface area (TPSA) is 26.9 Å². The van der Waals surface area contributed by atoms with Crippen LogP contribution in [0.5, 0.6) is 0 Å². The molecule has 0 amide bonds. The minimum Gasteiger partial charge on any atom is -0.349 e. The van der Waals surface area contributed by atoms with Crippen LogP contribution in [0.15, 0.2) is 42.9 Å². The SMILES string of the molecule is CC(C)(C)n1cccc1.CC(C)(C)n1cccc1C=O. The molecule has 0 atom stereocenters. The maximum Gasteiger partial charge on any atom is 0.166 e. The zero-order chi connectivity index (χ0) is 15.4. The van der Waals surface area contributed by atoms with Crippen LogP contribution < -0.4 is 0 Å². The molecule has 2 heterocycles. The summed E-state index contributed by atoms with van der Waals surface area (Å²) in [6.45, 7) is 12.8. The molecule has 2 aromatic heterocycles. The normalized spacial score (nSPS) is 11.7. The van der Waals surface area contributed by atoms with Gasteiger partial charge in [0.2, 0.25) is 0 Å². The van der Waals surface area contributed by atoms with Crippen LogP contribution in [0, 0.1) is 0 Å². The molecule has 2 aromatic rings. The number of carbonyl (C=O) groups is 1. The largest absolute Gasteiger partial charge is 0.349 e. The zero-order valence-corrected chi connectivity index (χ0v) is 13.4. The monoisotopic (exact) mass is 274 g/mol. The van der Waals surface area contributed by atoms with Crippen LogP contribution >= 0.6 is 0 Å². The molecule has 3 nitrogen and oxygen atoms in total. The Morgan fingerprint density at radius 2 is 1.40 bits per heavy atom. The molecule has 3 heteroatoms. The molecule has 20 heavy (non-hydrogen) atoms. The van der Waals surface area contributed by atoms with E-state index in [1.807, 2.05) is 35.0 Å². The summed E-state index contributed by atoms with van der Waals surface area (Å²) in [4.78, 5) is 10.5. The summed E-state index contributed by atoms with van der Waals surface area (Å²) in [5, 5.41) is 0. The van der Waals surface area contributed by atoms with Gasteiger partial charge in [-0.25, -0.2) is 0 Å². The van der Waals surface area contributed by atoms with Crippen molar-refractivity contribution >= 4 is 6.29 Å². The second kappa shape index (κ2) is 6.12. The molecule has 0 aromatic carbocycles. The first-order valence-corrected chi connectivity index (χ1v) is 6.93. The lowest BCUT2D eigenvalue weighted by molar-refractivity contribution is 0.111. The van der Waals surface area contributed by atoms with Crippen LogP contribution in [0.1, 0.15) is 52.0 Å². The Hall–Kier alpha value is -1.77. The lowest BCUT2D eigenvalue weighted by Gasteiger charge is -2.22. The second-order valence-electron chi connectivity index (χ2n) is 6.85. The Morgan fingerprint density at radius 1 is 0.850 bits per heavy atom. The van der Waals surface area contributed by atoms with E-state index >= 15 is 0 Å². The van der Waals surface area contributed by atoms with Gasteiger partial charge in [-0.2, -0.15) is 0 Å². The molecule has 0 saturated carbocycles. The molecule has 0 fully saturated rings. The van der Waals surface area contributed by atoms with E-state index in [4.69, 9.17) is 0 Å². The fourth-order valence-corrected chi connectivity index (χ4v) is 1.88. The minimum absolute atomic E-state index is 0.000255. The van der Waals surface area contributed by atoms with Crippen molar-refractivity contribution in [3.63, 3.8) is 0 Å². The van der Waals surface area contributed by atoms with E-state index in [-0.39, 0.29) is 11.1 Å². The third-order valence-electron chi connectivity index (χ3n) is 3.00. The number of aldehydes is 1. The highest BCUT2D eigenvalue weighted by Gasteiger charge is 2.14. The maximum atomic E-state index is 10.5. The molecule has 0 saturated heterocycles. The predicted octanol–water partition coefficient (Wildman–Crippen LogP) is 4.30. The standard InChI is InChI=1S/C9H13NO.C8H13N/c1-9(2,3)10-6-4-5-8(10)7-11;1-8(2,3)9-6-4-5-7-9/h4-7H,1-3H3;4-7H,1-3H3. The van der Waals surface area contributed by atoms with Crippen molar-refractivity contribution in [2.75, 3.05) is 0 Å². The first-order chi connectivity index (χ1) is 9.16. The summed E-state index contributed by atoms with van der Waals surface area (Å²) in [6.07, 6.45) is 6.97. The van der Waals surface area contributed by atoms with E-state index in [0.717, 1.165) is 12.0 Å². The maximum absolute atomic E-state index is 10.5. The zero-order valence-electron chi connectivity index (χ0n) is 13.4. The van der Waals surface area contributed by atoms with Gasteiger partial charge in [-0.1, -0.05) is 0 Å². The number of hydrogen-bond donors (Lipinski definition) is 0. The van der Waals surface area contributed by atoms with Gasteiger partial charge in [-0.3, -0.25) is 4.79 Å². The fourth-order valence-electron chi connectivity index (χ4n) is 1.88. The Kier molecular flexibility index (Phi) is 4.98. The number of carbonyl (C=O) groups excluding carboxylic acids is 1. The van der Waals surface area contributed by atoms with Gasteiger partial charge in [0.15, 0.2) is 6.29 Å². The Labute approximate surface area is 122 Å². The molecule has 0 radical (unpaired) electrons. The van der Waals surface area contributed by atoms with E-state index < -0.39 is 0 Å². The minimum atomic E-state index is -0.000255. The molecule has 0 spiro atoms. The van der Waals surface area contributed by atoms with Gasteiger partial charge in [0.25, 0.3) is 0 Å².